The number of hydrogen-bond donors (Lipinski definition) is 1. The van der Waals surface area contributed by atoms with Crippen LogP contribution in [0.5, 0.6) is 0 Å². The first-order valence-electron chi connectivity index (χ1n) is 6.15. The Balaban J connectivity index is 2.33. The minimum Gasteiger partial charge on any atom is -0.329 e. The van der Waals surface area contributed by atoms with Crippen LogP contribution < -0.4 is 10.6 Å². The van der Waals surface area contributed by atoms with Crippen molar-refractivity contribution in [2.75, 3.05) is 18.0 Å². The van der Waals surface area contributed by atoms with E-state index in [1.807, 2.05) is 0 Å². The fraction of sp³-hybridized carbons (Fsp3) is 0.133. The van der Waals surface area contributed by atoms with Crippen LogP contribution in [0.25, 0.3) is 0 Å². The van der Waals surface area contributed by atoms with Crippen molar-refractivity contribution >= 4 is 11.6 Å². The predicted molar refractivity (Wildman–Crippen MR) is 73.5 cm³/mol. The van der Waals surface area contributed by atoms with Gasteiger partial charge in [-0.05, 0) is 42.5 Å². The number of nitrogens with two attached hydrogens (primary N) is 1. The number of nitrogens with zero attached hydrogens (tertiary/aromatic N) is 1. The Morgan fingerprint density at radius 1 is 1.05 bits per heavy atom. The lowest BCUT2D eigenvalue weighted by Crippen LogP contribution is -2.35. The number of rotatable bonds is 4. The van der Waals surface area contributed by atoms with Crippen LogP contribution in [-0.2, 0) is 0 Å². The molecule has 0 bridgehead atoms. The highest BCUT2D eigenvalue weighted by atomic mass is 19.1. The maximum Gasteiger partial charge on any atom is 0.258 e. The molecule has 2 aromatic rings. The standard InChI is InChI=1S/C15H14F2N2O/c16-12-4-6-14(7-5-12)19(9-8-18)15(20)11-2-1-3-13(17)10-11/h1-7,10H,8-9,18H2. The molecule has 0 spiro atoms. The molecule has 0 aromatic heterocycles. The quantitative estimate of drug-likeness (QED) is 0.933. The van der Waals surface area contributed by atoms with Gasteiger partial charge in [0.05, 0.1) is 0 Å². The number of benzene rings is 2. The van der Waals surface area contributed by atoms with Crippen LogP contribution in [0.15, 0.2) is 48.5 Å². The van der Waals surface area contributed by atoms with E-state index in [0.717, 1.165) is 6.07 Å². The summed E-state index contributed by atoms with van der Waals surface area (Å²) in [7, 11) is 0. The van der Waals surface area contributed by atoms with E-state index in [9.17, 15) is 13.6 Å². The molecule has 0 unspecified atom stereocenters. The number of amides is 1. The molecule has 2 rings (SSSR count). The molecule has 0 atom stereocenters. The first kappa shape index (κ1) is 14.1. The molecule has 0 radical (unpaired) electrons. The summed E-state index contributed by atoms with van der Waals surface area (Å²) in [4.78, 5) is 13.8. The Bertz CT molecular complexity index is 599. The third kappa shape index (κ3) is 3.19. The lowest BCUT2D eigenvalue weighted by Gasteiger charge is -2.22. The van der Waals surface area contributed by atoms with Crippen molar-refractivity contribution in [1.29, 1.82) is 0 Å². The molecule has 20 heavy (non-hydrogen) atoms. The zero-order chi connectivity index (χ0) is 14.5. The summed E-state index contributed by atoms with van der Waals surface area (Å²) in [5, 5.41) is 0. The van der Waals surface area contributed by atoms with E-state index in [1.54, 1.807) is 0 Å². The van der Waals surface area contributed by atoms with E-state index in [1.165, 1.54) is 47.4 Å². The van der Waals surface area contributed by atoms with E-state index in [-0.39, 0.29) is 30.4 Å². The first-order chi connectivity index (χ1) is 9.61. The number of hydrogen-bond acceptors (Lipinski definition) is 2. The van der Waals surface area contributed by atoms with Crippen LogP contribution >= 0.6 is 0 Å². The van der Waals surface area contributed by atoms with Gasteiger partial charge in [0.1, 0.15) is 11.6 Å². The molecule has 2 N–H and O–H groups in total. The van der Waals surface area contributed by atoms with E-state index < -0.39 is 5.82 Å². The zero-order valence-corrected chi connectivity index (χ0v) is 10.7. The second-order valence-electron chi connectivity index (χ2n) is 4.23. The lowest BCUT2D eigenvalue weighted by atomic mass is 10.1. The summed E-state index contributed by atoms with van der Waals surface area (Å²) in [5.41, 5.74) is 6.24. The number of anilines is 1. The summed E-state index contributed by atoms with van der Waals surface area (Å²) in [5.74, 6) is -1.25. The fourth-order valence-corrected chi connectivity index (χ4v) is 1.88. The summed E-state index contributed by atoms with van der Waals surface area (Å²) in [6.07, 6.45) is 0. The van der Waals surface area contributed by atoms with Gasteiger partial charge in [-0.2, -0.15) is 0 Å². The van der Waals surface area contributed by atoms with Crippen LogP contribution in [0.4, 0.5) is 14.5 Å². The Hall–Kier alpha value is -2.27. The summed E-state index contributed by atoms with van der Waals surface area (Å²) >= 11 is 0. The molecule has 0 aliphatic rings. The highest BCUT2D eigenvalue weighted by Crippen LogP contribution is 2.18. The molecule has 0 aliphatic carbocycles. The Morgan fingerprint density at radius 3 is 2.35 bits per heavy atom. The van der Waals surface area contributed by atoms with Gasteiger partial charge < -0.3 is 10.6 Å². The maximum atomic E-state index is 13.2. The summed E-state index contributed by atoms with van der Waals surface area (Å²) < 4.78 is 26.1. The van der Waals surface area contributed by atoms with Crippen molar-refractivity contribution in [1.82, 2.24) is 0 Å². The van der Waals surface area contributed by atoms with Crippen LogP contribution in [0.1, 0.15) is 10.4 Å². The molecule has 0 saturated carbocycles. The normalized spacial score (nSPS) is 10.3. The van der Waals surface area contributed by atoms with E-state index in [4.69, 9.17) is 5.73 Å². The molecule has 1 amide bonds. The monoisotopic (exact) mass is 276 g/mol. The average Bonchev–Trinajstić information content (AvgIpc) is 2.45. The van der Waals surface area contributed by atoms with Crippen molar-refractivity contribution in [3.05, 3.63) is 65.7 Å². The second-order valence-corrected chi connectivity index (χ2v) is 4.23. The van der Waals surface area contributed by atoms with Crippen LogP contribution in [-0.4, -0.2) is 19.0 Å². The smallest absolute Gasteiger partial charge is 0.258 e. The Labute approximate surface area is 115 Å². The largest absolute Gasteiger partial charge is 0.329 e. The van der Waals surface area contributed by atoms with Crippen molar-refractivity contribution in [3.8, 4) is 0 Å². The molecular formula is C15H14F2N2O. The van der Waals surface area contributed by atoms with Gasteiger partial charge in [0.2, 0.25) is 0 Å². The molecular weight excluding hydrogens is 262 g/mol. The van der Waals surface area contributed by atoms with Gasteiger partial charge in [-0.15, -0.1) is 0 Å². The third-order valence-electron chi connectivity index (χ3n) is 2.81. The van der Waals surface area contributed by atoms with Gasteiger partial charge in [-0.25, -0.2) is 8.78 Å². The summed E-state index contributed by atoms with van der Waals surface area (Å²) in [6.45, 7) is 0.513. The Morgan fingerprint density at radius 2 is 1.75 bits per heavy atom. The zero-order valence-electron chi connectivity index (χ0n) is 10.7. The lowest BCUT2D eigenvalue weighted by molar-refractivity contribution is 0.0987. The average molecular weight is 276 g/mol. The van der Waals surface area contributed by atoms with E-state index in [0.29, 0.717) is 5.69 Å². The van der Waals surface area contributed by atoms with Crippen LogP contribution in [0.3, 0.4) is 0 Å². The summed E-state index contributed by atoms with van der Waals surface area (Å²) in [6, 6.07) is 10.9. The molecule has 0 aliphatic heterocycles. The fourth-order valence-electron chi connectivity index (χ4n) is 1.88. The topological polar surface area (TPSA) is 46.3 Å². The van der Waals surface area contributed by atoms with Crippen LogP contribution in [0, 0.1) is 11.6 Å². The third-order valence-corrected chi connectivity index (χ3v) is 2.81. The highest BCUT2D eigenvalue weighted by molar-refractivity contribution is 6.06. The van der Waals surface area contributed by atoms with E-state index >= 15 is 0 Å². The van der Waals surface area contributed by atoms with Gasteiger partial charge in [0.15, 0.2) is 0 Å². The number of carbonyl (C=O) groups is 1. The molecule has 0 heterocycles. The van der Waals surface area contributed by atoms with E-state index in [2.05, 4.69) is 0 Å². The Kier molecular flexibility index (Phi) is 4.42. The SMILES string of the molecule is NCCN(C(=O)c1cccc(F)c1)c1ccc(F)cc1. The van der Waals surface area contributed by atoms with Crippen molar-refractivity contribution in [2.45, 2.75) is 0 Å². The van der Waals surface area contributed by atoms with Crippen LogP contribution in [0.2, 0.25) is 0 Å². The van der Waals surface area contributed by atoms with Crippen molar-refractivity contribution < 1.29 is 13.6 Å². The first-order valence-corrected chi connectivity index (χ1v) is 6.15. The minimum absolute atomic E-state index is 0.225. The van der Waals surface area contributed by atoms with Crippen molar-refractivity contribution in [2.24, 2.45) is 5.73 Å². The molecule has 0 saturated heterocycles. The molecule has 5 heteroatoms. The molecule has 0 fully saturated rings. The molecule has 3 nitrogen and oxygen atoms in total. The van der Waals surface area contributed by atoms with Gasteiger partial charge in [0, 0.05) is 24.3 Å². The van der Waals surface area contributed by atoms with Crippen molar-refractivity contribution in [3.63, 3.8) is 0 Å². The number of halogens is 2. The maximum absolute atomic E-state index is 13.2. The number of carbonyl (C=O) groups excluding carboxylic acids is 1. The van der Waals surface area contributed by atoms with Gasteiger partial charge in [-0.3, -0.25) is 4.79 Å². The minimum atomic E-state index is -0.484. The second kappa shape index (κ2) is 6.25. The van der Waals surface area contributed by atoms with Gasteiger partial charge in [0.25, 0.3) is 5.91 Å². The predicted octanol–water partition coefficient (Wildman–Crippen LogP) is 2.57. The van der Waals surface area contributed by atoms with Gasteiger partial charge in [-0.1, -0.05) is 6.07 Å². The van der Waals surface area contributed by atoms with Gasteiger partial charge >= 0.3 is 0 Å². The molecule has 104 valence electrons. The molecule has 2 aromatic carbocycles. The highest BCUT2D eigenvalue weighted by Gasteiger charge is 2.17.